The fourth-order valence-corrected chi connectivity index (χ4v) is 10.1. The molecule has 63 heavy (non-hydrogen) atoms. The Morgan fingerprint density at radius 1 is 0.317 bits per heavy atom. The second kappa shape index (κ2) is 14.6. The highest BCUT2D eigenvalue weighted by Crippen LogP contribution is 2.52. The van der Waals surface area contributed by atoms with Crippen LogP contribution in [-0.2, 0) is 5.41 Å². The van der Waals surface area contributed by atoms with Crippen molar-refractivity contribution in [2.75, 3.05) is 4.90 Å². The number of anilines is 3. The molecule has 0 N–H and O–H groups in total. The van der Waals surface area contributed by atoms with E-state index in [0.717, 1.165) is 39.0 Å². The van der Waals surface area contributed by atoms with Crippen molar-refractivity contribution in [1.29, 1.82) is 0 Å². The number of rotatable bonds is 7. The molecular formula is C61H43NO. The fourth-order valence-electron chi connectivity index (χ4n) is 10.1. The lowest BCUT2D eigenvalue weighted by Gasteiger charge is -2.28. The minimum absolute atomic E-state index is 0.204. The van der Waals surface area contributed by atoms with Crippen LogP contribution in [0.25, 0.3) is 88.3 Å². The van der Waals surface area contributed by atoms with Gasteiger partial charge in [0.2, 0.25) is 0 Å². The van der Waals surface area contributed by atoms with E-state index in [1.165, 1.54) is 77.5 Å². The molecule has 2 nitrogen and oxygen atoms in total. The van der Waals surface area contributed by atoms with Crippen molar-refractivity contribution >= 4 is 49.8 Å². The summed E-state index contributed by atoms with van der Waals surface area (Å²) in [4.78, 5) is 2.39. The largest absolute Gasteiger partial charge is 0.456 e. The van der Waals surface area contributed by atoms with Crippen LogP contribution in [0.1, 0.15) is 25.0 Å². The van der Waals surface area contributed by atoms with E-state index in [4.69, 9.17) is 4.42 Å². The van der Waals surface area contributed by atoms with Gasteiger partial charge in [0.1, 0.15) is 11.2 Å². The summed E-state index contributed by atoms with van der Waals surface area (Å²) < 4.78 is 6.71. The maximum Gasteiger partial charge on any atom is 0.137 e. The van der Waals surface area contributed by atoms with Crippen molar-refractivity contribution < 1.29 is 4.42 Å². The van der Waals surface area contributed by atoms with Crippen LogP contribution in [0.3, 0.4) is 0 Å². The third-order valence-corrected chi connectivity index (χ3v) is 13.3. The van der Waals surface area contributed by atoms with Gasteiger partial charge in [-0.1, -0.05) is 184 Å². The summed E-state index contributed by atoms with van der Waals surface area (Å²) in [5.41, 5.74) is 19.7. The SMILES string of the molecule is CC1(C)c2cc(-c3ccccc3)ccc2-c2ccc(N(c3ccc(-c4ccc(-c5ccccc5)c5ccccc45)cc3)c3ccc4c(c3)oc3cccc(-c5ccccc5)c34)cc21. The van der Waals surface area contributed by atoms with Gasteiger partial charge in [-0.15, -0.1) is 0 Å². The Bertz CT molecular complexity index is 3510. The molecule has 1 aromatic heterocycles. The second-order valence-electron chi connectivity index (χ2n) is 17.3. The van der Waals surface area contributed by atoms with E-state index in [1.807, 2.05) is 0 Å². The van der Waals surface area contributed by atoms with Crippen molar-refractivity contribution in [2.24, 2.45) is 0 Å². The first-order chi connectivity index (χ1) is 31.0. The molecule has 10 aromatic carbocycles. The van der Waals surface area contributed by atoms with Gasteiger partial charge < -0.3 is 9.32 Å². The number of furan rings is 1. The Morgan fingerprint density at radius 3 is 1.48 bits per heavy atom. The van der Waals surface area contributed by atoms with E-state index in [-0.39, 0.29) is 5.41 Å². The van der Waals surface area contributed by atoms with E-state index in [0.29, 0.717) is 0 Å². The highest BCUT2D eigenvalue weighted by atomic mass is 16.3. The van der Waals surface area contributed by atoms with E-state index >= 15 is 0 Å². The number of nitrogens with zero attached hydrogens (tertiary/aromatic N) is 1. The van der Waals surface area contributed by atoms with Crippen LogP contribution in [0.4, 0.5) is 17.1 Å². The molecule has 0 saturated heterocycles. The highest BCUT2D eigenvalue weighted by Gasteiger charge is 2.36. The third-order valence-electron chi connectivity index (χ3n) is 13.3. The second-order valence-corrected chi connectivity index (χ2v) is 17.3. The van der Waals surface area contributed by atoms with Crippen molar-refractivity contribution in [1.82, 2.24) is 0 Å². The standard InChI is InChI=1S/C61H43NO/c1-61(2)56-37-44(40-15-6-3-7-16-40)27-32-53(56)54-33-30-46(38-57(54)61)62(47-31-34-55-59(39-47)63-58-24-14-23-50(60(55)58)42-19-10-5-11-20-42)45-28-25-43(26-29-45)49-36-35-48(41-17-8-4-9-18-41)51-21-12-13-22-52(49)51/h3-39H,1-2H3. The Hall–Kier alpha value is -7.94. The summed E-state index contributed by atoms with van der Waals surface area (Å²) in [6.07, 6.45) is 0. The lowest BCUT2D eigenvalue weighted by molar-refractivity contribution is 0.660. The quantitative estimate of drug-likeness (QED) is 0.160. The zero-order chi connectivity index (χ0) is 42.1. The molecule has 0 saturated carbocycles. The first-order valence-corrected chi connectivity index (χ1v) is 21.8. The van der Waals surface area contributed by atoms with Gasteiger partial charge in [-0.25, -0.2) is 0 Å². The average molecular weight is 806 g/mol. The molecule has 1 aliphatic carbocycles. The van der Waals surface area contributed by atoms with Gasteiger partial charge in [0, 0.05) is 39.3 Å². The first kappa shape index (κ1) is 36.9. The lowest BCUT2D eigenvalue weighted by atomic mass is 9.81. The van der Waals surface area contributed by atoms with Gasteiger partial charge in [-0.3, -0.25) is 0 Å². The molecule has 1 aliphatic rings. The number of benzene rings is 10. The minimum atomic E-state index is -0.204. The van der Waals surface area contributed by atoms with Gasteiger partial charge in [0.05, 0.1) is 0 Å². The molecule has 0 bridgehead atoms. The predicted molar refractivity (Wildman–Crippen MR) is 265 cm³/mol. The van der Waals surface area contributed by atoms with Gasteiger partial charge in [-0.2, -0.15) is 0 Å². The maximum absolute atomic E-state index is 6.71. The molecule has 0 fully saturated rings. The summed E-state index contributed by atoms with van der Waals surface area (Å²) in [6, 6.07) is 81.5. The number of hydrogen-bond acceptors (Lipinski definition) is 2. The van der Waals surface area contributed by atoms with E-state index in [9.17, 15) is 0 Å². The van der Waals surface area contributed by atoms with Gasteiger partial charge >= 0.3 is 0 Å². The van der Waals surface area contributed by atoms with Crippen LogP contribution in [0.5, 0.6) is 0 Å². The summed E-state index contributed by atoms with van der Waals surface area (Å²) in [6.45, 7) is 4.74. The monoisotopic (exact) mass is 805 g/mol. The maximum atomic E-state index is 6.71. The van der Waals surface area contributed by atoms with Crippen LogP contribution < -0.4 is 4.90 Å². The minimum Gasteiger partial charge on any atom is -0.456 e. The number of hydrogen-bond donors (Lipinski definition) is 0. The number of fused-ring (bicyclic) bond motifs is 7. The normalized spacial score (nSPS) is 12.7. The van der Waals surface area contributed by atoms with E-state index in [1.54, 1.807) is 0 Å². The molecular weight excluding hydrogens is 763 g/mol. The van der Waals surface area contributed by atoms with Crippen LogP contribution >= 0.6 is 0 Å². The molecule has 12 rings (SSSR count). The molecule has 0 spiro atoms. The van der Waals surface area contributed by atoms with Gasteiger partial charge in [0.15, 0.2) is 0 Å². The van der Waals surface area contributed by atoms with Crippen molar-refractivity contribution in [3.05, 3.63) is 236 Å². The molecule has 1 heterocycles. The molecule has 0 unspecified atom stereocenters. The van der Waals surface area contributed by atoms with E-state index in [2.05, 4.69) is 243 Å². The first-order valence-electron chi connectivity index (χ1n) is 21.8. The van der Waals surface area contributed by atoms with Crippen molar-refractivity contribution in [3.63, 3.8) is 0 Å². The summed E-state index contributed by atoms with van der Waals surface area (Å²) in [5.74, 6) is 0. The molecule has 298 valence electrons. The van der Waals surface area contributed by atoms with Gasteiger partial charge in [0.25, 0.3) is 0 Å². The lowest BCUT2D eigenvalue weighted by Crippen LogP contribution is -2.16. The fraction of sp³-hybridized carbons (Fsp3) is 0.0492. The summed E-state index contributed by atoms with van der Waals surface area (Å²) in [7, 11) is 0. The summed E-state index contributed by atoms with van der Waals surface area (Å²) >= 11 is 0. The Kier molecular flexibility index (Phi) is 8.55. The van der Waals surface area contributed by atoms with Gasteiger partial charge in [-0.05, 0) is 126 Å². The zero-order valence-corrected chi connectivity index (χ0v) is 35.2. The zero-order valence-electron chi connectivity index (χ0n) is 35.2. The molecule has 0 radical (unpaired) electrons. The molecule has 11 aromatic rings. The Labute approximate surface area is 368 Å². The Morgan fingerprint density at radius 2 is 0.810 bits per heavy atom. The van der Waals surface area contributed by atoms with Crippen molar-refractivity contribution in [2.45, 2.75) is 19.3 Å². The molecule has 0 atom stereocenters. The smallest absolute Gasteiger partial charge is 0.137 e. The van der Waals surface area contributed by atoms with Crippen LogP contribution in [0.15, 0.2) is 229 Å². The van der Waals surface area contributed by atoms with Crippen LogP contribution in [0, 0.1) is 0 Å². The Balaban J connectivity index is 0.995. The molecule has 0 amide bonds. The van der Waals surface area contributed by atoms with E-state index < -0.39 is 0 Å². The third kappa shape index (κ3) is 6.09. The topological polar surface area (TPSA) is 16.4 Å². The van der Waals surface area contributed by atoms with Crippen LogP contribution in [-0.4, -0.2) is 0 Å². The molecule has 0 aliphatic heterocycles. The highest BCUT2D eigenvalue weighted by molar-refractivity contribution is 6.13. The summed E-state index contributed by atoms with van der Waals surface area (Å²) in [5, 5.41) is 4.73. The average Bonchev–Trinajstić information content (AvgIpc) is 3.83. The predicted octanol–water partition coefficient (Wildman–Crippen LogP) is 17.2. The molecule has 2 heteroatoms. The van der Waals surface area contributed by atoms with Crippen LogP contribution in [0.2, 0.25) is 0 Å². The van der Waals surface area contributed by atoms with Crippen molar-refractivity contribution in [3.8, 4) is 55.6 Å².